The van der Waals surface area contributed by atoms with Gasteiger partial charge in [-0.3, -0.25) is 14.5 Å². The normalized spacial score (nSPS) is 21.9. The second kappa shape index (κ2) is 7.59. The Morgan fingerprint density at radius 2 is 2.06 bits per heavy atom. The summed E-state index contributed by atoms with van der Waals surface area (Å²) in [5, 5.41) is 11.2. The van der Waals surface area contributed by atoms with Crippen LogP contribution in [0.15, 0.2) is 30.7 Å². The van der Waals surface area contributed by atoms with Crippen LogP contribution in [0.4, 0.5) is 5.82 Å². The number of amides is 1. The minimum atomic E-state index is -0.281. The van der Waals surface area contributed by atoms with Crippen LogP contribution in [0.2, 0.25) is 0 Å². The van der Waals surface area contributed by atoms with Gasteiger partial charge in [0.05, 0.1) is 23.8 Å². The highest BCUT2D eigenvalue weighted by molar-refractivity contribution is 5.97. The van der Waals surface area contributed by atoms with E-state index in [9.17, 15) is 4.79 Å². The highest BCUT2D eigenvalue weighted by Crippen LogP contribution is 2.42. The largest absolute Gasteiger partial charge is 0.382 e. The fourth-order valence-electron chi connectivity index (χ4n) is 5.24. The zero-order valence-corrected chi connectivity index (χ0v) is 19.6. The van der Waals surface area contributed by atoms with Crippen LogP contribution in [0.25, 0.3) is 22.5 Å². The van der Waals surface area contributed by atoms with E-state index in [1.807, 2.05) is 18.3 Å². The van der Waals surface area contributed by atoms with Crippen molar-refractivity contribution in [2.24, 2.45) is 5.41 Å². The van der Waals surface area contributed by atoms with Crippen LogP contribution >= 0.6 is 0 Å². The second-order valence-corrected chi connectivity index (χ2v) is 10.8. The molecule has 4 N–H and O–H groups in total. The molecule has 0 radical (unpaired) electrons. The number of hydrogen-bond donors (Lipinski definition) is 3. The molecular formula is C25H30N8O. The van der Waals surface area contributed by atoms with E-state index in [1.54, 1.807) is 12.4 Å². The molecule has 3 aromatic heterocycles. The summed E-state index contributed by atoms with van der Waals surface area (Å²) in [4.78, 5) is 26.5. The topological polar surface area (TPSA) is 124 Å². The molecule has 1 aliphatic carbocycles. The van der Waals surface area contributed by atoms with E-state index in [-0.39, 0.29) is 28.9 Å². The van der Waals surface area contributed by atoms with Gasteiger partial charge in [0.25, 0.3) is 5.91 Å². The van der Waals surface area contributed by atoms with Gasteiger partial charge in [-0.05, 0) is 49.7 Å². The van der Waals surface area contributed by atoms with E-state index in [2.05, 4.69) is 49.2 Å². The number of carbonyl (C=O) groups excluding carboxylic acids is 1. The Labute approximate surface area is 198 Å². The van der Waals surface area contributed by atoms with E-state index >= 15 is 0 Å². The third-order valence-corrected chi connectivity index (χ3v) is 7.40. The minimum Gasteiger partial charge on any atom is -0.382 e. The molecule has 1 atom stereocenters. The number of hydrogen-bond acceptors (Lipinski definition) is 7. The highest BCUT2D eigenvalue weighted by atomic mass is 16.2. The average Bonchev–Trinajstić information content (AvgIpc) is 3.36. The molecule has 3 aromatic rings. The number of anilines is 1. The standard InChI is InChI=1S/C25H30N8O/c1-24(2)10-20-17(12-30-33(20)14-24)18-9-15(4-8-27-18)19-13-28-22(26)21(32-19)23(34)31-16-3-5-25(6-7-25)29-11-16/h4,8-9,12-13,16,29H,3,5-7,10-11,14H2,1-2H3,(H2,26,28)(H,31,34)/t16-/m0/s1. The maximum Gasteiger partial charge on any atom is 0.274 e. The molecule has 0 aromatic carbocycles. The van der Waals surface area contributed by atoms with Gasteiger partial charge in [0, 0.05) is 47.7 Å². The van der Waals surface area contributed by atoms with Crippen molar-refractivity contribution in [3.63, 3.8) is 0 Å². The molecule has 9 heteroatoms. The first-order valence-electron chi connectivity index (χ1n) is 12.0. The van der Waals surface area contributed by atoms with Crippen molar-refractivity contribution in [3.8, 4) is 22.5 Å². The third-order valence-electron chi connectivity index (χ3n) is 7.40. The molecule has 34 heavy (non-hydrogen) atoms. The second-order valence-electron chi connectivity index (χ2n) is 10.8. The van der Waals surface area contributed by atoms with E-state index < -0.39 is 0 Å². The lowest BCUT2D eigenvalue weighted by Crippen LogP contribution is -2.50. The predicted molar refractivity (Wildman–Crippen MR) is 129 cm³/mol. The molecule has 6 rings (SSSR count). The molecule has 1 saturated carbocycles. The first-order valence-corrected chi connectivity index (χ1v) is 12.0. The number of nitrogens with two attached hydrogens (primary N) is 1. The molecule has 0 bridgehead atoms. The maximum atomic E-state index is 13.0. The van der Waals surface area contributed by atoms with Crippen LogP contribution in [-0.4, -0.2) is 48.8 Å². The summed E-state index contributed by atoms with van der Waals surface area (Å²) in [7, 11) is 0. The van der Waals surface area contributed by atoms with Crippen LogP contribution in [-0.2, 0) is 13.0 Å². The number of aromatic nitrogens is 5. The number of nitrogens with one attached hydrogen (secondary N) is 2. The number of rotatable bonds is 4. The first-order chi connectivity index (χ1) is 16.3. The summed E-state index contributed by atoms with van der Waals surface area (Å²) in [6, 6.07) is 3.93. The Bertz CT molecular complexity index is 1270. The minimum absolute atomic E-state index is 0.0739. The van der Waals surface area contributed by atoms with Crippen molar-refractivity contribution >= 4 is 11.7 Å². The summed E-state index contributed by atoms with van der Waals surface area (Å²) in [6.07, 6.45) is 10.7. The maximum absolute atomic E-state index is 13.0. The van der Waals surface area contributed by atoms with Gasteiger partial charge in [-0.25, -0.2) is 9.97 Å². The van der Waals surface area contributed by atoms with Crippen molar-refractivity contribution in [3.05, 3.63) is 42.1 Å². The molecule has 2 aliphatic heterocycles. The summed E-state index contributed by atoms with van der Waals surface area (Å²) in [5.41, 5.74) is 11.2. The SMILES string of the molecule is CC1(C)Cc2c(-c3cc(-c4cnc(N)c(C(=O)N[C@H]5CCC6(CC6)NC5)n4)ccn3)cnn2C1. The number of piperidine rings is 1. The number of pyridine rings is 1. The van der Waals surface area contributed by atoms with E-state index in [0.717, 1.165) is 49.2 Å². The van der Waals surface area contributed by atoms with Crippen LogP contribution < -0.4 is 16.4 Å². The van der Waals surface area contributed by atoms with Crippen molar-refractivity contribution in [2.75, 3.05) is 12.3 Å². The van der Waals surface area contributed by atoms with Gasteiger partial charge in [0.2, 0.25) is 0 Å². The van der Waals surface area contributed by atoms with E-state index in [0.29, 0.717) is 11.2 Å². The smallest absolute Gasteiger partial charge is 0.274 e. The third kappa shape index (κ3) is 3.83. The Morgan fingerprint density at radius 1 is 1.21 bits per heavy atom. The molecule has 0 unspecified atom stereocenters. The van der Waals surface area contributed by atoms with Crippen molar-refractivity contribution in [1.82, 2.24) is 35.4 Å². The first kappa shape index (κ1) is 21.2. The number of carbonyl (C=O) groups is 1. The molecule has 9 nitrogen and oxygen atoms in total. The summed E-state index contributed by atoms with van der Waals surface area (Å²) < 4.78 is 2.07. The average molecular weight is 459 g/mol. The van der Waals surface area contributed by atoms with Gasteiger partial charge >= 0.3 is 0 Å². The molecule has 176 valence electrons. The number of fused-ring (bicyclic) bond motifs is 1. The summed E-state index contributed by atoms with van der Waals surface area (Å²) in [5.74, 6) is -0.147. The lowest BCUT2D eigenvalue weighted by molar-refractivity contribution is 0.0921. The zero-order valence-electron chi connectivity index (χ0n) is 19.6. The zero-order chi connectivity index (χ0) is 23.5. The molecule has 1 amide bonds. The van der Waals surface area contributed by atoms with Gasteiger partial charge in [0.15, 0.2) is 11.5 Å². The number of nitrogens with zero attached hydrogens (tertiary/aromatic N) is 5. The molecule has 1 spiro atoms. The Balaban J connectivity index is 1.24. The fourth-order valence-corrected chi connectivity index (χ4v) is 5.24. The molecule has 5 heterocycles. The highest BCUT2D eigenvalue weighted by Gasteiger charge is 2.45. The fraction of sp³-hybridized carbons (Fsp3) is 0.480. The molecule has 3 aliphatic rings. The lowest BCUT2D eigenvalue weighted by Gasteiger charge is -2.30. The lowest BCUT2D eigenvalue weighted by atomic mass is 9.90. The molecule has 2 fully saturated rings. The van der Waals surface area contributed by atoms with Crippen LogP contribution in [0.5, 0.6) is 0 Å². The Hall–Kier alpha value is -3.33. The van der Waals surface area contributed by atoms with Crippen molar-refractivity contribution in [1.29, 1.82) is 0 Å². The van der Waals surface area contributed by atoms with E-state index in [4.69, 9.17) is 5.73 Å². The van der Waals surface area contributed by atoms with Gasteiger partial charge in [-0.15, -0.1) is 0 Å². The quantitative estimate of drug-likeness (QED) is 0.549. The van der Waals surface area contributed by atoms with Gasteiger partial charge in [-0.1, -0.05) is 13.8 Å². The summed E-state index contributed by atoms with van der Waals surface area (Å²) in [6.45, 7) is 6.18. The van der Waals surface area contributed by atoms with Crippen molar-refractivity contribution in [2.45, 2.75) is 64.1 Å². The monoisotopic (exact) mass is 458 g/mol. The van der Waals surface area contributed by atoms with Crippen LogP contribution in [0, 0.1) is 5.41 Å². The van der Waals surface area contributed by atoms with Crippen LogP contribution in [0.1, 0.15) is 55.7 Å². The molecular weight excluding hydrogens is 428 g/mol. The number of nitrogen functional groups attached to an aromatic ring is 1. The van der Waals surface area contributed by atoms with Gasteiger partial charge < -0.3 is 16.4 Å². The Kier molecular flexibility index (Phi) is 4.74. The van der Waals surface area contributed by atoms with Gasteiger partial charge in [0.1, 0.15) is 0 Å². The Morgan fingerprint density at radius 3 is 2.82 bits per heavy atom. The predicted octanol–water partition coefficient (Wildman–Crippen LogP) is 2.58. The van der Waals surface area contributed by atoms with Crippen molar-refractivity contribution < 1.29 is 4.79 Å². The van der Waals surface area contributed by atoms with Gasteiger partial charge in [-0.2, -0.15) is 5.10 Å². The summed E-state index contributed by atoms with van der Waals surface area (Å²) >= 11 is 0. The van der Waals surface area contributed by atoms with Crippen LogP contribution in [0.3, 0.4) is 0 Å². The molecule has 1 saturated heterocycles. The van der Waals surface area contributed by atoms with E-state index in [1.165, 1.54) is 18.5 Å².